The van der Waals surface area contributed by atoms with Crippen LogP contribution in [0.4, 0.5) is 0 Å². The van der Waals surface area contributed by atoms with E-state index in [1.54, 1.807) is 14.2 Å². The number of ether oxygens (including phenoxy) is 3. The monoisotopic (exact) mass is 427 g/mol. The summed E-state index contributed by atoms with van der Waals surface area (Å²) in [4.78, 5) is 2.45. The summed E-state index contributed by atoms with van der Waals surface area (Å²) in [6.45, 7) is 3.36. The molecular weight excluding hydrogens is 402 g/mol. The van der Waals surface area contributed by atoms with Crippen LogP contribution < -0.4 is 14.2 Å². The summed E-state index contributed by atoms with van der Waals surface area (Å²) in [5.74, 6) is 2.73. The lowest BCUT2D eigenvalue weighted by atomic mass is 10.1. The molecule has 0 amide bonds. The third-order valence-electron chi connectivity index (χ3n) is 5.40. The first-order valence-electron chi connectivity index (χ1n) is 10.0. The number of H-pyrrole nitrogens is 1. The molecular formula is C23H26ClN3O3. The van der Waals surface area contributed by atoms with Crippen molar-refractivity contribution in [3.05, 3.63) is 70.5 Å². The van der Waals surface area contributed by atoms with E-state index in [4.69, 9.17) is 25.8 Å². The Labute approximate surface area is 181 Å². The Hall–Kier alpha value is -2.70. The molecule has 3 aromatic rings. The van der Waals surface area contributed by atoms with Crippen molar-refractivity contribution in [3.63, 3.8) is 0 Å². The lowest BCUT2D eigenvalue weighted by Gasteiger charge is -2.17. The molecule has 1 atom stereocenters. The summed E-state index contributed by atoms with van der Waals surface area (Å²) in [6.07, 6.45) is 1.09. The number of hydrogen-bond acceptors (Lipinski definition) is 5. The van der Waals surface area contributed by atoms with Gasteiger partial charge in [-0.3, -0.25) is 10.00 Å². The van der Waals surface area contributed by atoms with Gasteiger partial charge in [-0.1, -0.05) is 17.7 Å². The molecule has 1 fully saturated rings. The van der Waals surface area contributed by atoms with Crippen molar-refractivity contribution in [3.8, 4) is 17.2 Å². The minimum atomic E-state index is 0.422. The van der Waals surface area contributed by atoms with Gasteiger partial charge in [-0.15, -0.1) is 0 Å². The molecule has 0 saturated carbocycles. The van der Waals surface area contributed by atoms with Gasteiger partial charge in [0.25, 0.3) is 0 Å². The van der Waals surface area contributed by atoms with Gasteiger partial charge in [-0.25, -0.2) is 0 Å². The third-order valence-corrected chi connectivity index (χ3v) is 5.66. The second kappa shape index (κ2) is 9.41. The van der Waals surface area contributed by atoms with Gasteiger partial charge in [0.1, 0.15) is 12.4 Å². The van der Waals surface area contributed by atoms with Gasteiger partial charge >= 0.3 is 0 Å². The maximum Gasteiger partial charge on any atom is 0.161 e. The molecule has 0 bridgehead atoms. The number of benzene rings is 2. The standard InChI is InChI=1S/C23H26ClN3O3/c1-28-22-8-3-16(11-23(22)29-2)13-27-10-9-17(14-27)21-12-19(25-26-21)15-30-20-6-4-18(24)5-7-20/h3-8,11-12,17H,9-10,13-15H2,1-2H3,(H,25,26). The highest BCUT2D eigenvalue weighted by Crippen LogP contribution is 2.31. The Balaban J connectivity index is 1.32. The number of methoxy groups -OCH3 is 2. The van der Waals surface area contributed by atoms with E-state index < -0.39 is 0 Å². The van der Waals surface area contributed by atoms with Gasteiger partial charge in [0.15, 0.2) is 11.5 Å². The zero-order valence-electron chi connectivity index (χ0n) is 17.2. The molecule has 7 heteroatoms. The molecule has 1 aliphatic heterocycles. The predicted octanol–water partition coefficient (Wildman–Crippen LogP) is 4.65. The van der Waals surface area contributed by atoms with E-state index in [-0.39, 0.29) is 0 Å². The fraction of sp³-hybridized carbons (Fsp3) is 0.348. The molecule has 1 aliphatic rings. The average molecular weight is 428 g/mol. The summed E-state index contributed by atoms with van der Waals surface area (Å²) in [5.41, 5.74) is 3.28. The highest BCUT2D eigenvalue weighted by Gasteiger charge is 2.26. The summed E-state index contributed by atoms with van der Waals surface area (Å²) in [7, 11) is 3.32. The second-order valence-corrected chi connectivity index (χ2v) is 7.91. The molecule has 2 heterocycles. The van der Waals surface area contributed by atoms with Crippen LogP contribution in [0.1, 0.15) is 29.3 Å². The average Bonchev–Trinajstić information content (AvgIpc) is 3.43. The van der Waals surface area contributed by atoms with E-state index >= 15 is 0 Å². The van der Waals surface area contributed by atoms with Crippen molar-refractivity contribution in [2.24, 2.45) is 0 Å². The normalized spacial score (nSPS) is 16.6. The number of likely N-dealkylation sites (tertiary alicyclic amines) is 1. The molecule has 1 saturated heterocycles. The fourth-order valence-electron chi connectivity index (χ4n) is 3.81. The van der Waals surface area contributed by atoms with E-state index in [1.807, 2.05) is 36.4 Å². The van der Waals surface area contributed by atoms with E-state index in [0.717, 1.165) is 54.7 Å². The smallest absolute Gasteiger partial charge is 0.161 e. The van der Waals surface area contributed by atoms with Crippen LogP contribution in [0.25, 0.3) is 0 Å². The summed E-state index contributed by atoms with van der Waals surface area (Å²) in [5, 5.41) is 8.33. The van der Waals surface area contributed by atoms with E-state index in [2.05, 4.69) is 27.2 Å². The Morgan fingerprint density at radius 1 is 1.07 bits per heavy atom. The first-order valence-corrected chi connectivity index (χ1v) is 10.4. The molecule has 1 aromatic heterocycles. The van der Waals surface area contributed by atoms with Crippen LogP contribution in [-0.4, -0.2) is 42.4 Å². The number of nitrogens with zero attached hydrogens (tertiary/aromatic N) is 2. The van der Waals surface area contributed by atoms with Crippen LogP contribution in [0.15, 0.2) is 48.5 Å². The number of halogens is 1. The molecule has 1 N–H and O–H groups in total. The molecule has 0 spiro atoms. The van der Waals surface area contributed by atoms with Gasteiger partial charge < -0.3 is 14.2 Å². The number of rotatable bonds is 8. The van der Waals surface area contributed by atoms with Crippen molar-refractivity contribution in [2.75, 3.05) is 27.3 Å². The molecule has 0 radical (unpaired) electrons. The van der Waals surface area contributed by atoms with Gasteiger partial charge in [-0.05, 0) is 61.0 Å². The van der Waals surface area contributed by atoms with Crippen molar-refractivity contribution in [2.45, 2.75) is 25.5 Å². The molecule has 2 aromatic carbocycles. The predicted molar refractivity (Wildman–Crippen MR) is 117 cm³/mol. The molecule has 6 nitrogen and oxygen atoms in total. The van der Waals surface area contributed by atoms with Crippen molar-refractivity contribution < 1.29 is 14.2 Å². The lowest BCUT2D eigenvalue weighted by molar-refractivity contribution is 0.301. The molecule has 158 valence electrons. The Bertz CT molecular complexity index is 974. The molecule has 0 aliphatic carbocycles. The summed E-state index contributed by atoms with van der Waals surface area (Å²) >= 11 is 5.91. The SMILES string of the molecule is COc1ccc(CN2CCC(c3cc(COc4ccc(Cl)cc4)[nH]n3)C2)cc1OC. The maximum atomic E-state index is 5.91. The van der Waals surface area contributed by atoms with E-state index in [1.165, 1.54) is 5.56 Å². The van der Waals surface area contributed by atoms with Crippen molar-refractivity contribution >= 4 is 11.6 Å². The largest absolute Gasteiger partial charge is 0.493 e. The highest BCUT2D eigenvalue weighted by atomic mass is 35.5. The van der Waals surface area contributed by atoms with E-state index in [9.17, 15) is 0 Å². The van der Waals surface area contributed by atoms with Crippen LogP contribution in [0.3, 0.4) is 0 Å². The van der Waals surface area contributed by atoms with Crippen LogP contribution >= 0.6 is 11.6 Å². The highest BCUT2D eigenvalue weighted by molar-refractivity contribution is 6.30. The fourth-order valence-corrected chi connectivity index (χ4v) is 3.94. The number of hydrogen-bond donors (Lipinski definition) is 1. The van der Waals surface area contributed by atoms with Gasteiger partial charge in [-0.2, -0.15) is 5.10 Å². The van der Waals surface area contributed by atoms with Crippen LogP contribution in [-0.2, 0) is 13.2 Å². The Morgan fingerprint density at radius 3 is 2.63 bits per heavy atom. The minimum absolute atomic E-state index is 0.422. The molecule has 1 unspecified atom stereocenters. The topological polar surface area (TPSA) is 59.6 Å². The number of nitrogens with one attached hydrogen (secondary N) is 1. The van der Waals surface area contributed by atoms with Gasteiger partial charge in [0, 0.05) is 24.0 Å². The quantitative estimate of drug-likeness (QED) is 0.567. The zero-order chi connectivity index (χ0) is 20.9. The lowest BCUT2D eigenvalue weighted by Crippen LogP contribution is -2.19. The third kappa shape index (κ3) is 4.89. The Morgan fingerprint density at radius 2 is 1.87 bits per heavy atom. The van der Waals surface area contributed by atoms with Crippen LogP contribution in [0, 0.1) is 0 Å². The van der Waals surface area contributed by atoms with E-state index in [0.29, 0.717) is 17.5 Å². The number of aromatic amines is 1. The second-order valence-electron chi connectivity index (χ2n) is 7.47. The first kappa shape index (κ1) is 20.6. The maximum absolute atomic E-state index is 5.91. The Kier molecular flexibility index (Phi) is 6.45. The molecule has 4 rings (SSSR count). The molecule has 30 heavy (non-hydrogen) atoms. The van der Waals surface area contributed by atoms with Crippen molar-refractivity contribution in [1.29, 1.82) is 0 Å². The van der Waals surface area contributed by atoms with Gasteiger partial charge in [0.2, 0.25) is 0 Å². The first-order chi connectivity index (χ1) is 14.6. The van der Waals surface area contributed by atoms with Crippen LogP contribution in [0.2, 0.25) is 5.02 Å². The number of aromatic nitrogens is 2. The summed E-state index contributed by atoms with van der Waals surface area (Å²) < 4.78 is 16.5. The van der Waals surface area contributed by atoms with Crippen molar-refractivity contribution in [1.82, 2.24) is 15.1 Å². The minimum Gasteiger partial charge on any atom is -0.493 e. The van der Waals surface area contributed by atoms with Gasteiger partial charge in [0.05, 0.1) is 25.6 Å². The zero-order valence-corrected chi connectivity index (χ0v) is 18.0. The summed E-state index contributed by atoms with van der Waals surface area (Å²) in [6, 6.07) is 15.6. The van der Waals surface area contributed by atoms with Crippen LogP contribution in [0.5, 0.6) is 17.2 Å².